The van der Waals surface area contributed by atoms with E-state index in [-0.39, 0.29) is 17.9 Å². The molecular formula is C13H17N3O2. The predicted octanol–water partition coefficient (Wildman–Crippen LogP) is 1.64. The lowest BCUT2D eigenvalue weighted by molar-refractivity contribution is -0.145. The van der Waals surface area contributed by atoms with Gasteiger partial charge in [-0.1, -0.05) is 6.07 Å². The number of hydrogen-bond donors (Lipinski definition) is 1. The molecule has 0 aliphatic carbocycles. The van der Waals surface area contributed by atoms with E-state index in [1.807, 2.05) is 31.2 Å². The van der Waals surface area contributed by atoms with Crippen molar-refractivity contribution in [2.75, 3.05) is 17.3 Å². The number of carbonyl (C=O) groups excluding carboxylic acids is 1. The van der Waals surface area contributed by atoms with Crippen LogP contribution in [0.15, 0.2) is 29.4 Å². The Bertz CT molecular complexity index is 473. The highest BCUT2D eigenvalue weighted by molar-refractivity contribution is 5.93. The molecule has 2 rings (SSSR count). The van der Waals surface area contributed by atoms with E-state index in [2.05, 4.69) is 5.10 Å². The van der Waals surface area contributed by atoms with Crippen molar-refractivity contribution in [1.82, 2.24) is 0 Å². The highest BCUT2D eigenvalue weighted by atomic mass is 16.5. The van der Waals surface area contributed by atoms with Gasteiger partial charge >= 0.3 is 5.97 Å². The van der Waals surface area contributed by atoms with E-state index in [4.69, 9.17) is 10.5 Å². The van der Waals surface area contributed by atoms with Crippen LogP contribution in [0.2, 0.25) is 0 Å². The first-order valence-corrected chi connectivity index (χ1v) is 5.99. The molecule has 0 bridgehead atoms. The fraction of sp³-hybridized carbons (Fsp3) is 0.385. The summed E-state index contributed by atoms with van der Waals surface area (Å²) in [7, 11) is 0. The van der Waals surface area contributed by atoms with Crippen molar-refractivity contribution < 1.29 is 9.53 Å². The van der Waals surface area contributed by atoms with Gasteiger partial charge in [0.15, 0.2) is 0 Å². The lowest BCUT2D eigenvalue weighted by Crippen LogP contribution is -2.34. The Morgan fingerprint density at radius 2 is 2.33 bits per heavy atom. The minimum absolute atomic E-state index is 0.0640. The van der Waals surface area contributed by atoms with Crippen LogP contribution in [0.1, 0.15) is 13.8 Å². The molecule has 0 saturated carbocycles. The van der Waals surface area contributed by atoms with Crippen LogP contribution in [-0.4, -0.2) is 24.8 Å². The smallest absolute Gasteiger partial charge is 0.316 e. The summed E-state index contributed by atoms with van der Waals surface area (Å²) in [6.07, 6.45) is 1.63. The van der Waals surface area contributed by atoms with Crippen LogP contribution in [0, 0.1) is 5.92 Å². The van der Waals surface area contributed by atoms with Crippen molar-refractivity contribution in [3.63, 3.8) is 0 Å². The molecule has 1 aromatic rings. The Hall–Kier alpha value is -2.04. The molecular weight excluding hydrogens is 230 g/mol. The number of rotatable bonds is 3. The van der Waals surface area contributed by atoms with Gasteiger partial charge in [-0.25, -0.2) is 0 Å². The van der Waals surface area contributed by atoms with Gasteiger partial charge in [-0.05, 0) is 32.0 Å². The standard InChI is InChI=1S/C13H17N3O2/c1-3-18-13(17)12-8-15-16(9(12)2)11-6-4-5-10(14)7-11/h4-9,12H,3,14H2,1-2H3. The molecule has 2 N–H and O–H groups in total. The number of hydrazone groups is 1. The number of benzene rings is 1. The van der Waals surface area contributed by atoms with Gasteiger partial charge in [0, 0.05) is 11.9 Å². The van der Waals surface area contributed by atoms with Gasteiger partial charge in [0.2, 0.25) is 0 Å². The molecule has 18 heavy (non-hydrogen) atoms. The number of esters is 1. The molecule has 1 aliphatic heterocycles. The largest absolute Gasteiger partial charge is 0.465 e. The molecule has 0 spiro atoms. The van der Waals surface area contributed by atoms with E-state index in [1.54, 1.807) is 18.1 Å². The summed E-state index contributed by atoms with van der Waals surface area (Å²) >= 11 is 0. The van der Waals surface area contributed by atoms with Gasteiger partial charge in [0.25, 0.3) is 0 Å². The second-order valence-electron chi connectivity index (χ2n) is 4.22. The van der Waals surface area contributed by atoms with Crippen LogP contribution in [0.3, 0.4) is 0 Å². The molecule has 5 heteroatoms. The van der Waals surface area contributed by atoms with E-state index >= 15 is 0 Å². The van der Waals surface area contributed by atoms with Crippen molar-refractivity contribution in [3.8, 4) is 0 Å². The van der Waals surface area contributed by atoms with Crippen LogP contribution >= 0.6 is 0 Å². The number of anilines is 2. The van der Waals surface area contributed by atoms with Crippen molar-refractivity contribution >= 4 is 23.6 Å². The Kier molecular flexibility index (Phi) is 3.50. The maximum absolute atomic E-state index is 11.7. The molecule has 1 aliphatic rings. The Morgan fingerprint density at radius 1 is 1.56 bits per heavy atom. The van der Waals surface area contributed by atoms with E-state index in [1.165, 1.54) is 0 Å². The summed E-state index contributed by atoms with van der Waals surface area (Å²) in [5, 5.41) is 6.05. The first-order valence-electron chi connectivity index (χ1n) is 5.99. The molecule has 96 valence electrons. The molecule has 0 aromatic heterocycles. The number of nitrogens with two attached hydrogens (primary N) is 1. The maximum atomic E-state index is 11.7. The summed E-state index contributed by atoms with van der Waals surface area (Å²) in [5.74, 6) is -0.563. The van der Waals surface area contributed by atoms with E-state index in [9.17, 15) is 4.79 Å². The van der Waals surface area contributed by atoms with E-state index in [0.717, 1.165) is 5.69 Å². The average molecular weight is 247 g/mol. The highest BCUT2D eigenvalue weighted by Gasteiger charge is 2.34. The lowest BCUT2D eigenvalue weighted by atomic mass is 10.0. The molecule has 1 heterocycles. The number of carbonyl (C=O) groups is 1. The molecule has 0 amide bonds. The van der Waals surface area contributed by atoms with Crippen LogP contribution in [0.25, 0.3) is 0 Å². The predicted molar refractivity (Wildman–Crippen MR) is 71.4 cm³/mol. The monoisotopic (exact) mass is 247 g/mol. The normalized spacial score (nSPS) is 22.2. The maximum Gasteiger partial charge on any atom is 0.316 e. The summed E-state index contributed by atoms with van der Waals surface area (Å²) in [4.78, 5) is 11.7. The van der Waals surface area contributed by atoms with E-state index in [0.29, 0.717) is 12.3 Å². The molecule has 0 saturated heterocycles. The molecule has 1 aromatic carbocycles. The quantitative estimate of drug-likeness (QED) is 0.651. The zero-order chi connectivity index (χ0) is 13.1. The second kappa shape index (κ2) is 5.08. The lowest BCUT2D eigenvalue weighted by Gasteiger charge is -2.23. The highest BCUT2D eigenvalue weighted by Crippen LogP contribution is 2.27. The van der Waals surface area contributed by atoms with Gasteiger partial charge in [-0.2, -0.15) is 5.10 Å². The van der Waals surface area contributed by atoms with Crippen LogP contribution in [-0.2, 0) is 9.53 Å². The zero-order valence-corrected chi connectivity index (χ0v) is 10.5. The average Bonchev–Trinajstić information content (AvgIpc) is 2.71. The summed E-state index contributed by atoms with van der Waals surface area (Å²) < 4.78 is 5.02. The summed E-state index contributed by atoms with van der Waals surface area (Å²) in [5.41, 5.74) is 7.30. The van der Waals surface area contributed by atoms with Crippen LogP contribution in [0.4, 0.5) is 11.4 Å². The molecule has 0 fully saturated rings. The topological polar surface area (TPSA) is 67.9 Å². The first kappa shape index (κ1) is 12.4. The van der Waals surface area contributed by atoms with Gasteiger partial charge in [0.1, 0.15) is 5.92 Å². The van der Waals surface area contributed by atoms with Gasteiger partial charge in [-0.3, -0.25) is 9.80 Å². The van der Waals surface area contributed by atoms with Crippen molar-refractivity contribution in [2.45, 2.75) is 19.9 Å². The third kappa shape index (κ3) is 2.30. The fourth-order valence-corrected chi connectivity index (χ4v) is 1.99. The van der Waals surface area contributed by atoms with Gasteiger partial charge in [0.05, 0.1) is 18.3 Å². The number of nitrogens with zero attached hydrogens (tertiary/aromatic N) is 2. The molecule has 2 atom stereocenters. The Morgan fingerprint density at radius 3 is 3.00 bits per heavy atom. The summed E-state index contributed by atoms with van der Waals surface area (Å²) in [6.45, 7) is 4.12. The van der Waals surface area contributed by atoms with Crippen molar-refractivity contribution in [1.29, 1.82) is 0 Å². The third-order valence-corrected chi connectivity index (χ3v) is 2.95. The molecule has 5 nitrogen and oxygen atoms in total. The summed E-state index contributed by atoms with van der Waals surface area (Å²) in [6, 6.07) is 7.37. The minimum atomic E-state index is -0.327. The van der Waals surface area contributed by atoms with Gasteiger partial charge in [-0.15, -0.1) is 0 Å². The zero-order valence-electron chi connectivity index (χ0n) is 10.5. The third-order valence-electron chi connectivity index (χ3n) is 2.95. The second-order valence-corrected chi connectivity index (χ2v) is 4.22. The fourth-order valence-electron chi connectivity index (χ4n) is 1.99. The van der Waals surface area contributed by atoms with E-state index < -0.39 is 0 Å². The number of ether oxygens (including phenoxy) is 1. The first-order chi connectivity index (χ1) is 8.63. The number of hydrogen-bond acceptors (Lipinski definition) is 5. The SMILES string of the molecule is CCOC(=O)C1C=NN(c2cccc(N)c2)C1C. The van der Waals surface area contributed by atoms with Crippen LogP contribution < -0.4 is 10.7 Å². The Labute approximate surface area is 106 Å². The van der Waals surface area contributed by atoms with Gasteiger partial charge < -0.3 is 10.5 Å². The van der Waals surface area contributed by atoms with Crippen LogP contribution in [0.5, 0.6) is 0 Å². The molecule has 0 radical (unpaired) electrons. The van der Waals surface area contributed by atoms with Crippen molar-refractivity contribution in [3.05, 3.63) is 24.3 Å². The molecule has 2 unspecified atom stereocenters. The minimum Gasteiger partial charge on any atom is -0.465 e. The Balaban J connectivity index is 2.15. The number of nitrogen functional groups attached to an aromatic ring is 1. The van der Waals surface area contributed by atoms with Crippen molar-refractivity contribution in [2.24, 2.45) is 11.0 Å².